The molecule has 0 saturated heterocycles. The van der Waals surface area contributed by atoms with E-state index in [1.807, 2.05) is 6.07 Å². The normalized spacial score (nSPS) is 40.0. The Bertz CT molecular complexity index is 623. The third kappa shape index (κ3) is 1.81. The summed E-state index contributed by atoms with van der Waals surface area (Å²) < 4.78 is 0. The lowest BCUT2D eigenvalue weighted by atomic mass is 9.54. The molecule has 0 amide bonds. The highest BCUT2D eigenvalue weighted by Gasteiger charge is 2.58. The van der Waals surface area contributed by atoms with Crippen molar-refractivity contribution in [1.29, 1.82) is 0 Å². The summed E-state index contributed by atoms with van der Waals surface area (Å²) in [4.78, 5) is 12.5. The second-order valence-corrected chi connectivity index (χ2v) is 7.74. The maximum Gasteiger partial charge on any atom is 0.139 e. The van der Waals surface area contributed by atoms with Crippen molar-refractivity contribution >= 4 is 5.78 Å². The standard InChI is InChI=1S/C19H24O3/c1-19-7-6-15-14-5-3-13(21)8-11(14)2-4-16(15)18(19)12(10-20)9-17(19)22/h3,5,8,12,15-16,18,20-21H,2,4,6-7,9-10H2,1H3/t12-,15-,16-,18+,19-/m1/s1. The molecule has 1 aromatic carbocycles. The Kier molecular flexibility index (Phi) is 3.12. The van der Waals surface area contributed by atoms with Crippen LogP contribution in [0.3, 0.4) is 0 Å². The van der Waals surface area contributed by atoms with Gasteiger partial charge in [-0.1, -0.05) is 13.0 Å². The molecule has 0 radical (unpaired) electrons. The van der Waals surface area contributed by atoms with Gasteiger partial charge in [0.1, 0.15) is 11.5 Å². The quantitative estimate of drug-likeness (QED) is 0.838. The van der Waals surface area contributed by atoms with Gasteiger partial charge < -0.3 is 10.2 Å². The number of rotatable bonds is 1. The van der Waals surface area contributed by atoms with Gasteiger partial charge in [0.15, 0.2) is 0 Å². The zero-order valence-electron chi connectivity index (χ0n) is 13.1. The molecule has 0 spiro atoms. The number of Topliss-reactive ketones (excluding diaryl/α,β-unsaturated/α-hetero) is 1. The minimum absolute atomic E-state index is 0.137. The zero-order chi connectivity index (χ0) is 15.5. The SMILES string of the molecule is C[C@]12CC[C@@H]3c4ccc(O)cc4CC[C@H]3[C@@H]1[C@@H](CO)CC2=O. The van der Waals surface area contributed by atoms with Crippen molar-refractivity contribution in [3.63, 3.8) is 0 Å². The van der Waals surface area contributed by atoms with Crippen LogP contribution in [0.25, 0.3) is 0 Å². The fraction of sp³-hybridized carbons (Fsp3) is 0.632. The Labute approximate surface area is 131 Å². The minimum atomic E-state index is -0.219. The lowest BCUT2D eigenvalue weighted by molar-refractivity contribution is -0.129. The van der Waals surface area contributed by atoms with Crippen LogP contribution in [0.4, 0.5) is 0 Å². The Morgan fingerprint density at radius 2 is 2.14 bits per heavy atom. The van der Waals surface area contributed by atoms with Crippen molar-refractivity contribution in [2.75, 3.05) is 6.61 Å². The fourth-order valence-corrected chi connectivity index (χ4v) is 5.79. The maximum atomic E-state index is 12.5. The van der Waals surface area contributed by atoms with Crippen LogP contribution in [-0.2, 0) is 11.2 Å². The van der Waals surface area contributed by atoms with Crippen molar-refractivity contribution in [3.8, 4) is 5.75 Å². The molecule has 3 nitrogen and oxygen atoms in total. The highest BCUT2D eigenvalue weighted by molar-refractivity contribution is 5.87. The van der Waals surface area contributed by atoms with Gasteiger partial charge in [-0.3, -0.25) is 4.79 Å². The molecule has 2 N–H and O–H groups in total. The van der Waals surface area contributed by atoms with Crippen LogP contribution >= 0.6 is 0 Å². The Morgan fingerprint density at radius 3 is 2.91 bits per heavy atom. The van der Waals surface area contributed by atoms with Crippen LogP contribution in [0, 0.1) is 23.2 Å². The predicted molar refractivity (Wildman–Crippen MR) is 83.7 cm³/mol. The first-order valence-corrected chi connectivity index (χ1v) is 8.50. The van der Waals surface area contributed by atoms with E-state index in [1.165, 1.54) is 11.1 Å². The van der Waals surface area contributed by atoms with Crippen molar-refractivity contribution in [2.24, 2.45) is 23.2 Å². The van der Waals surface area contributed by atoms with Gasteiger partial charge in [0.05, 0.1) is 0 Å². The molecule has 0 heterocycles. The number of aryl methyl sites for hydroxylation is 1. The Hall–Kier alpha value is -1.35. The number of phenolic OH excluding ortho intramolecular Hbond substituents is 1. The summed E-state index contributed by atoms with van der Waals surface area (Å²) >= 11 is 0. The van der Waals surface area contributed by atoms with Crippen molar-refractivity contribution < 1.29 is 15.0 Å². The topological polar surface area (TPSA) is 57.5 Å². The predicted octanol–water partition coefficient (Wildman–Crippen LogP) is 3.04. The van der Waals surface area contributed by atoms with Gasteiger partial charge >= 0.3 is 0 Å². The number of aliphatic hydroxyl groups is 1. The van der Waals surface area contributed by atoms with Crippen LogP contribution in [0.5, 0.6) is 5.75 Å². The van der Waals surface area contributed by atoms with Gasteiger partial charge in [0, 0.05) is 18.4 Å². The second-order valence-electron chi connectivity index (χ2n) is 7.74. The van der Waals surface area contributed by atoms with E-state index in [2.05, 4.69) is 13.0 Å². The molecule has 5 atom stereocenters. The van der Waals surface area contributed by atoms with Gasteiger partial charge in [0.25, 0.3) is 0 Å². The maximum absolute atomic E-state index is 12.5. The molecule has 4 rings (SSSR count). The van der Waals surface area contributed by atoms with Gasteiger partial charge in [-0.15, -0.1) is 0 Å². The molecule has 0 bridgehead atoms. The number of carbonyl (C=O) groups is 1. The monoisotopic (exact) mass is 300 g/mol. The average Bonchev–Trinajstić information content (AvgIpc) is 2.78. The first-order valence-electron chi connectivity index (χ1n) is 8.50. The molecule has 2 fully saturated rings. The van der Waals surface area contributed by atoms with E-state index < -0.39 is 0 Å². The smallest absolute Gasteiger partial charge is 0.139 e. The Morgan fingerprint density at radius 1 is 1.32 bits per heavy atom. The third-order valence-corrected chi connectivity index (χ3v) is 6.79. The van der Waals surface area contributed by atoms with Crippen molar-refractivity contribution in [3.05, 3.63) is 29.3 Å². The summed E-state index contributed by atoms with van der Waals surface area (Å²) in [5.74, 6) is 2.17. The summed E-state index contributed by atoms with van der Waals surface area (Å²) in [6.45, 7) is 2.27. The van der Waals surface area contributed by atoms with E-state index in [9.17, 15) is 15.0 Å². The molecule has 3 aliphatic carbocycles. The van der Waals surface area contributed by atoms with E-state index in [-0.39, 0.29) is 17.9 Å². The lowest BCUT2D eigenvalue weighted by Gasteiger charge is -2.49. The van der Waals surface area contributed by atoms with Crippen LogP contribution < -0.4 is 0 Å². The third-order valence-electron chi connectivity index (χ3n) is 6.79. The van der Waals surface area contributed by atoms with Crippen LogP contribution in [0.15, 0.2) is 18.2 Å². The molecule has 0 aromatic heterocycles. The molecular weight excluding hydrogens is 276 g/mol. The highest BCUT2D eigenvalue weighted by Crippen LogP contribution is 2.61. The number of hydrogen-bond acceptors (Lipinski definition) is 3. The van der Waals surface area contributed by atoms with Gasteiger partial charge in [-0.25, -0.2) is 0 Å². The van der Waals surface area contributed by atoms with Crippen LogP contribution in [-0.4, -0.2) is 22.6 Å². The van der Waals surface area contributed by atoms with Gasteiger partial charge in [0.2, 0.25) is 0 Å². The zero-order valence-corrected chi connectivity index (χ0v) is 13.1. The molecular formula is C19H24O3. The number of hydrogen-bond donors (Lipinski definition) is 2. The van der Waals surface area contributed by atoms with E-state index in [0.717, 1.165) is 25.7 Å². The number of benzene rings is 1. The highest BCUT2D eigenvalue weighted by atomic mass is 16.3. The molecule has 2 saturated carbocycles. The number of ketones is 1. The summed E-state index contributed by atoms with van der Waals surface area (Å²) in [5, 5.41) is 19.5. The molecule has 22 heavy (non-hydrogen) atoms. The fourth-order valence-electron chi connectivity index (χ4n) is 5.79. The van der Waals surface area contributed by atoms with E-state index >= 15 is 0 Å². The summed E-state index contributed by atoms with van der Waals surface area (Å²) in [5.41, 5.74) is 2.42. The molecule has 0 unspecified atom stereocenters. The molecule has 1 aromatic rings. The number of aliphatic hydroxyl groups excluding tert-OH is 1. The van der Waals surface area contributed by atoms with Gasteiger partial charge in [-0.2, -0.15) is 0 Å². The first kappa shape index (κ1) is 14.3. The average molecular weight is 300 g/mol. The molecule has 118 valence electrons. The minimum Gasteiger partial charge on any atom is -0.508 e. The number of carbonyl (C=O) groups excluding carboxylic acids is 1. The van der Waals surface area contributed by atoms with E-state index in [0.29, 0.717) is 35.7 Å². The van der Waals surface area contributed by atoms with Gasteiger partial charge in [-0.05, 0) is 72.6 Å². The van der Waals surface area contributed by atoms with Crippen LogP contribution in [0.1, 0.15) is 49.7 Å². The summed E-state index contributed by atoms with van der Waals surface area (Å²) in [7, 11) is 0. The van der Waals surface area contributed by atoms with Crippen molar-refractivity contribution in [1.82, 2.24) is 0 Å². The van der Waals surface area contributed by atoms with Crippen molar-refractivity contribution in [2.45, 2.75) is 44.9 Å². The number of fused-ring (bicyclic) bond motifs is 5. The lowest BCUT2D eigenvalue weighted by Crippen LogP contribution is -2.44. The number of aromatic hydroxyl groups is 1. The second kappa shape index (κ2) is 4.82. The largest absolute Gasteiger partial charge is 0.508 e. The molecule has 0 aliphatic heterocycles. The summed E-state index contributed by atoms with van der Waals surface area (Å²) in [6.07, 6.45) is 4.60. The summed E-state index contributed by atoms with van der Waals surface area (Å²) in [6, 6.07) is 5.77. The van der Waals surface area contributed by atoms with E-state index in [4.69, 9.17) is 0 Å². The number of phenols is 1. The molecule has 3 heteroatoms. The van der Waals surface area contributed by atoms with E-state index in [1.54, 1.807) is 6.07 Å². The first-order chi connectivity index (χ1) is 10.5. The Balaban J connectivity index is 1.74. The molecule has 3 aliphatic rings. The van der Waals surface area contributed by atoms with Crippen LogP contribution in [0.2, 0.25) is 0 Å².